The number of carbonyl (C=O) groups is 1. The average Bonchev–Trinajstić information content (AvgIpc) is 2.53. The first-order chi connectivity index (χ1) is 10.1. The highest BCUT2D eigenvalue weighted by molar-refractivity contribution is 5.86. The maximum Gasteiger partial charge on any atom is 0.326 e. The van der Waals surface area contributed by atoms with Gasteiger partial charge in [-0.1, -0.05) is 54.3 Å². The van der Waals surface area contributed by atoms with Gasteiger partial charge in [-0.15, -0.1) is 0 Å². The largest absolute Gasteiger partial charge is 0.480 e. The second-order valence-corrected chi connectivity index (χ2v) is 4.86. The number of hydrogen-bond donors (Lipinski definition) is 2. The third-order valence-corrected chi connectivity index (χ3v) is 3.38. The number of benzene rings is 2. The number of carboxylic acid groups (broad SMARTS) is 1. The molecule has 2 N–H and O–H groups in total. The van der Waals surface area contributed by atoms with Crippen molar-refractivity contribution in [3.05, 3.63) is 71.3 Å². The second kappa shape index (κ2) is 6.25. The molecule has 1 atom stereocenters. The standard InChI is InChI=1S/C18H16O3/c1-18(17(20)21,12-11-14-7-3-2-4-8-14)16-10-6-5-9-15(16)13-19/h2-10,19H,13H2,1H3,(H,20,21). The Morgan fingerprint density at radius 3 is 2.33 bits per heavy atom. The van der Waals surface area contributed by atoms with Crippen LogP contribution in [0.25, 0.3) is 0 Å². The Labute approximate surface area is 123 Å². The Morgan fingerprint density at radius 2 is 1.71 bits per heavy atom. The van der Waals surface area contributed by atoms with Crippen LogP contribution in [0.5, 0.6) is 0 Å². The molecule has 0 aromatic heterocycles. The summed E-state index contributed by atoms with van der Waals surface area (Å²) in [4.78, 5) is 11.7. The topological polar surface area (TPSA) is 57.5 Å². The summed E-state index contributed by atoms with van der Waals surface area (Å²) in [7, 11) is 0. The van der Waals surface area contributed by atoms with Gasteiger partial charge in [0.2, 0.25) is 0 Å². The molecule has 2 rings (SSSR count). The molecule has 0 spiro atoms. The van der Waals surface area contributed by atoms with Crippen LogP contribution in [0.4, 0.5) is 0 Å². The van der Waals surface area contributed by atoms with Crippen LogP contribution in [0, 0.1) is 11.8 Å². The van der Waals surface area contributed by atoms with Crippen molar-refractivity contribution in [1.82, 2.24) is 0 Å². The Hall–Kier alpha value is -2.57. The summed E-state index contributed by atoms with van der Waals surface area (Å²) in [6.45, 7) is 1.34. The van der Waals surface area contributed by atoms with E-state index in [0.717, 1.165) is 5.56 Å². The summed E-state index contributed by atoms with van der Waals surface area (Å²) in [6.07, 6.45) is 0. The van der Waals surface area contributed by atoms with Gasteiger partial charge in [0.25, 0.3) is 0 Å². The molecule has 1 unspecified atom stereocenters. The zero-order chi connectivity index (χ0) is 15.3. The third kappa shape index (κ3) is 3.13. The first-order valence-electron chi connectivity index (χ1n) is 6.59. The van der Waals surface area contributed by atoms with Crippen LogP contribution < -0.4 is 0 Å². The molecule has 0 aliphatic heterocycles. The Balaban J connectivity index is 2.52. The maximum atomic E-state index is 11.7. The van der Waals surface area contributed by atoms with Gasteiger partial charge in [0.05, 0.1) is 6.61 Å². The smallest absolute Gasteiger partial charge is 0.326 e. The van der Waals surface area contributed by atoms with Gasteiger partial charge < -0.3 is 10.2 Å². The van der Waals surface area contributed by atoms with E-state index in [9.17, 15) is 15.0 Å². The maximum absolute atomic E-state index is 11.7. The van der Waals surface area contributed by atoms with Crippen LogP contribution >= 0.6 is 0 Å². The minimum absolute atomic E-state index is 0.216. The number of carboxylic acids is 1. The van der Waals surface area contributed by atoms with E-state index in [1.165, 1.54) is 0 Å². The molecule has 3 nitrogen and oxygen atoms in total. The fraction of sp³-hybridized carbons (Fsp3) is 0.167. The van der Waals surface area contributed by atoms with Crippen molar-refractivity contribution in [3.8, 4) is 11.8 Å². The van der Waals surface area contributed by atoms with E-state index >= 15 is 0 Å². The van der Waals surface area contributed by atoms with Crippen molar-refractivity contribution in [3.63, 3.8) is 0 Å². The molecule has 106 valence electrons. The number of aliphatic hydroxyl groups excluding tert-OH is 1. The zero-order valence-electron chi connectivity index (χ0n) is 11.7. The van der Waals surface area contributed by atoms with Gasteiger partial charge >= 0.3 is 5.97 Å². The number of hydrogen-bond acceptors (Lipinski definition) is 2. The van der Waals surface area contributed by atoms with Crippen LogP contribution in [0.15, 0.2) is 54.6 Å². The molecule has 2 aromatic carbocycles. The fourth-order valence-electron chi connectivity index (χ4n) is 2.10. The number of aliphatic carboxylic acids is 1. The summed E-state index contributed by atoms with van der Waals surface area (Å²) < 4.78 is 0. The molecular formula is C18H16O3. The normalized spacial score (nSPS) is 12.9. The molecule has 21 heavy (non-hydrogen) atoms. The van der Waals surface area contributed by atoms with Gasteiger partial charge in [0.15, 0.2) is 5.41 Å². The molecule has 0 radical (unpaired) electrons. The minimum atomic E-state index is -1.37. The van der Waals surface area contributed by atoms with Crippen LogP contribution in [0.1, 0.15) is 23.6 Å². The monoisotopic (exact) mass is 280 g/mol. The molecule has 0 fully saturated rings. The summed E-state index contributed by atoms with van der Waals surface area (Å²) in [6, 6.07) is 16.2. The number of aliphatic hydroxyl groups is 1. The molecule has 3 heteroatoms. The SMILES string of the molecule is CC(C#Cc1ccccc1)(C(=O)O)c1ccccc1CO. The van der Waals surface area contributed by atoms with Gasteiger partial charge in [-0.05, 0) is 30.2 Å². The lowest BCUT2D eigenvalue weighted by Gasteiger charge is -2.21. The van der Waals surface area contributed by atoms with Gasteiger partial charge in [0, 0.05) is 5.56 Å². The summed E-state index contributed by atoms with van der Waals surface area (Å²) in [5.41, 5.74) is 0.481. The Bertz CT molecular complexity index is 695. The summed E-state index contributed by atoms with van der Waals surface area (Å²) in [5.74, 6) is 4.71. The van der Waals surface area contributed by atoms with Crippen LogP contribution in [0.2, 0.25) is 0 Å². The van der Waals surface area contributed by atoms with E-state index in [0.29, 0.717) is 11.1 Å². The highest BCUT2D eigenvalue weighted by Crippen LogP contribution is 2.27. The van der Waals surface area contributed by atoms with E-state index in [1.807, 2.05) is 30.3 Å². The van der Waals surface area contributed by atoms with Crippen molar-refractivity contribution >= 4 is 5.97 Å². The van der Waals surface area contributed by atoms with E-state index in [-0.39, 0.29) is 6.61 Å². The predicted octanol–water partition coefficient (Wildman–Crippen LogP) is 2.57. The molecule has 0 saturated carbocycles. The van der Waals surface area contributed by atoms with Crippen molar-refractivity contribution in [2.45, 2.75) is 18.9 Å². The van der Waals surface area contributed by atoms with Crippen LogP contribution in [0.3, 0.4) is 0 Å². The third-order valence-electron chi connectivity index (χ3n) is 3.38. The first-order valence-corrected chi connectivity index (χ1v) is 6.59. The van der Waals surface area contributed by atoms with Crippen molar-refractivity contribution < 1.29 is 15.0 Å². The van der Waals surface area contributed by atoms with Gasteiger partial charge in [-0.25, -0.2) is 0 Å². The van der Waals surface area contributed by atoms with E-state index in [1.54, 1.807) is 31.2 Å². The second-order valence-electron chi connectivity index (χ2n) is 4.86. The predicted molar refractivity (Wildman–Crippen MR) is 80.7 cm³/mol. The van der Waals surface area contributed by atoms with Crippen LogP contribution in [-0.4, -0.2) is 16.2 Å². The molecule has 0 saturated heterocycles. The van der Waals surface area contributed by atoms with E-state index in [4.69, 9.17) is 0 Å². The Morgan fingerprint density at radius 1 is 1.10 bits per heavy atom. The van der Waals surface area contributed by atoms with E-state index in [2.05, 4.69) is 11.8 Å². The summed E-state index contributed by atoms with van der Waals surface area (Å²) in [5, 5.41) is 19.0. The lowest BCUT2D eigenvalue weighted by atomic mass is 9.80. The highest BCUT2D eigenvalue weighted by atomic mass is 16.4. The van der Waals surface area contributed by atoms with Gasteiger partial charge in [0.1, 0.15) is 0 Å². The zero-order valence-corrected chi connectivity index (χ0v) is 11.7. The van der Waals surface area contributed by atoms with Crippen molar-refractivity contribution in [2.75, 3.05) is 0 Å². The van der Waals surface area contributed by atoms with Gasteiger partial charge in [-0.2, -0.15) is 0 Å². The first kappa shape index (κ1) is 14.8. The molecule has 0 amide bonds. The molecule has 0 aliphatic rings. The molecule has 2 aromatic rings. The number of rotatable bonds is 3. The molecule has 0 aliphatic carbocycles. The highest BCUT2D eigenvalue weighted by Gasteiger charge is 2.35. The Kier molecular flexibility index (Phi) is 4.42. The lowest BCUT2D eigenvalue weighted by molar-refractivity contribution is -0.140. The lowest BCUT2D eigenvalue weighted by Crippen LogP contribution is -2.32. The van der Waals surface area contributed by atoms with Crippen LogP contribution in [-0.2, 0) is 16.8 Å². The molecular weight excluding hydrogens is 264 g/mol. The van der Waals surface area contributed by atoms with Crippen molar-refractivity contribution in [2.24, 2.45) is 0 Å². The molecule has 0 bridgehead atoms. The van der Waals surface area contributed by atoms with Crippen molar-refractivity contribution in [1.29, 1.82) is 0 Å². The molecule has 0 heterocycles. The van der Waals surface area contributed by atoms with Gasteiger partial charge in [-0.3, -0.25) is 4.79 Å². The fourth-order valence-corrected chi connectivity index (χ4v) is 2.10. The quantitative estimate of drug-likeness (QED) is 0.850. The minimum Gasteiger partial charge on any atom is -0.480 e. The average molecular weight is 280 g/mol. The summed E-state index contributed by atoms with van der Waals surface area (Å²) >= 11 is 0. The van der Waals surface area contributed by atoms with E-state index < -0.39 is 11.4 Å².